The SMILES string of the molecule is CC(C)CCC(C)NC(=O)Cn1ccccc1=O. The second-order valence-corrected chi connectivity index (χ2v) is 5.11. The number of carbonyl (C=O) groups excluding carboxylic acids is 1. The van der Waals surface area contributed by atoms with Crippen LogP contribution in [-0.2, 0) is 11.3 Å². The normalized spacial score (nSPS) is 12.4. The highest BCUT2D eigenvalue weighted by Crippen LogP contribution is 2.06. The first-order valence-corrected chi connectivity index (χ1v) is 6.44. The van der Waals surface area contributed by atoms with Crippen LogP contribution < -0.4 is 10.9 Å². The molecule has 1 heterocycles. The van der Waals surface area contributed by atoms with Crippen molar-refractivity contribution in [3.05, 3.63) is 34.7 Å². The molecule has 0 spiro atoms. The van der Waals surface area contributed by atoms with Gasteiger partial charge >= 0.3 is 0 Å². The van der Waals surface area contributed by atoms with Crippen LogP contribution in [0.15, 0.2) is 29.2 Å². The van der Waals surface area contributed by atoms with Gasteiger partial charge in [-0.05, 0) is 31.7 Å². The summed E-state index contributed by atoms with van der Waals surface area (Å²) in [5.74, 6) is 0.528. The number of carbonyl (C=O) groups is 1. The zero-order chi connectivity index (χ0) is 13.5. The molecule has 1 N–H and O–H groups in total. The molecule has 0 fully saturated rings. The Morgan fingerprint density at radius 2 is 2.00 bits per heavy atom. The number of hydrogen-bond acceptors (Lipinski definition) is 2. The van der Waals surface area contributed by atoms with Crippen molar-refractivity contribution in [3.63, 3.8) is 0 Å². The fourth-order valence-electron chi connectivity index (χ4n) is 1.72. The zero-order valence-electron chi connectivity index (χ0n) is 11.3. The maximum absolute atomic E-state index is 11.7. The predicted octanol–water partition coefficient (Wildman–Crippen LogP) is 1.79. The summed E-state index contributed by atoms with van der Waals surface area (Å²) >= 11 is 0. The van der Waals surface area contributed by atoms with Crippen molar-refractivity contribution in [3.8, 4) is 0 Å². The minimum atomic E-state index is -0.150. The quantitative estimate of drug-likeness (QED) is 0.837. The molecule has 18 heavy (non-hydrogen) atoms. The molecule has 0 aliphatic carbocycles. The fraction of sp³-hybridized carbons (Fsp3) is 0.571. The number of rotatable bonds is 6. The summed E-state index contributed by atoms with van der Waals surface area (Å²) in [5.41, 5.74) is -0.150. The van der Waals surface area contributed by atoms with Crippen LogP contribution in [0.25, 0.3) is 0 Å². The maximum Gasteiger partial charge on any atom is 0.250 e. The molecular weight excluding hydrogens is 228 g/mol. The Kier molecular flexibility index (Phi) is 5.62. The van der Waals surface area contributed by atoms with Crippen LogP contribution in [0.2, 0.25) is 0 Å². The van der Waals surface area contributed by atoms with Gasteiger partial charge in [-0.25, -0.2) is 0 Å². The van der Waals surface area contributed by atoms with E-state index in [1.807, 2.05) is 6.92 Å². The highest BCUT2D eigenvalue weighted by atomic mass is 16.2. The van der Waals surface area contributed by atoms with Crippen LogP contribution >= 0.6 is 0 Å². The summed E-state index contributed by atoms with van der Waals surface area (Å²) in [6.07, 6.45) is 3.68. The number of amides is 1. The smallest absolute Gasteiger partial charge is 0.250 e. The van der Waals surface area contributed by atoms with Gasteiger partial charge in [0.15, 0.2) is 0 Å². The number of aromatic nitrogens is 1. The molecule has 0 aromatic carbocycles. The highest BCUT2D eigenvalue weighted by Gasteiger charge is 2.09. The average Bonchev–Trinajstić information content (AvgIpc) is 2.29. The number of nitrogens with one attached hydrogen (secondary N) is 1. The van der Waals surface area contributed by atoms with Gasteiger partial charge in [-0.1, -0.05) is 19.9 Å². The summed E-state index contributed by atoms with van der Waals surface area (Å²) in [7, 11) is 0. The molecule has 1 unspecified atom stereocenters. The summed E-state index contributed by atoms with van der Waals surface area (Å²) in [6, 6.07) is 5.02. The maximum atomic E-state index is 11.7. The topological polar surface area (TPSA) is 51.1 Å². The Morgan fingerprint density at radius 1 is 1.28 bits per heavy atom. The van der Waals surface area contributed by atoms with Crippen molar-refractivity contribution >= 4 is 5.91 Å². The van der Waals surface area contributed by atoms with Gasteiger partial charge in [-0.15, -0.1) is 0 Å². The summed E-state index contributed by atoms with van der Waals surface area (Å²) in [5, 5.41) is 2.91. The van der Waals surface area contributed by atoms with Crippen LogP contribution in [0.1, 0.15) is 33.6 Å². The summed E-state index contributed by atoms with van der Waals surface area (Å²) in [4.78, 5) is 23.2. The molecule has 0 aliphatic heterocycles. The Morgan fingerprint density at radius 3 is 2.61 bits per heavy atom. The van der Waals surface area contributed by atoms with E-state index in [1.165, 1.54) is 10.6 Å². The Bertz CT molecular complexity index is 437. The van der Waals surface area contributed by atoms with Gasteiger partial charge in [0.25, 0.3) is 5.56 Å². The molecular formula is C14H22N2O2. The molecule has 1 amide bonds. The molecule has 1 atom stereocenters. The van der Waals surface area contributed by atoms with Crippen molar-refractivity contribution in [2.45, 2.75) is 46.2 Å². The molecule has 0 radical (unpaired) electrons. The van der Waals surface area contributed by atoms with Crippen molar-refractivity contribution in [2.75, 3.05) is 0 Å². The van der Waals surface area contributed by atoms with Crippen molar-refractivity contribution < 1.29 is 4.79 Å². The third kappa shape index (κ3) is 5.17. The van der Waals surface area contributed by atoms with E-state index in [2.05, 4.69) is 19.2 Å². The first-order valence-electron chi connectivity index (χ1n) is 6.44. The molecule has 4 heteroatoms. The first kappa shape index (κ1) is 14.5. The third-order valence-corrected chi connectivity index (χ3v) is 2.80. The lowest BCUT2D eigenvalue weighted by atomic mass is 10.0. The largest absolute Gasteiger partial charge is 0.352 e. The second-order valence-electron chi connectivity index (χ2n) is 5.11. The molecule has 0 bridgehead atoms. The summed E-state index contributed by atoms with van der Waals surface area (Å²) < 4.78 is 1.41. The van der Waals surface area contributed by atoms with E-state index in [4.69, 9.17) is 0 Å². The van der Waals surface area contributed by atoms with Crippen LogP contribution in [0.4, 0.5) is 0 Å². The Balaban J connectivity index is 2.42. The van der Waals surface area contributed by atoms with E-state index in [9.17, 15) is 9.59 Å². The van der Waals surface area contributed by atoms with E-state index in [0.717, 1.165) is 12.8 Å². The lowest BCUT2D eigenvalue weighted by molar-refractivity contribution is -0.122. The van der Waals surface area contributed by atoms with Gasteiger partial charge in [0.2, 0.25) is 5.91 Å². The summed E-state index contributed by atoms with van der Waals surface area (Å²) in [6.45, 7) is 6.41. The van der Waals surface area contributed by atoms with Gasteiger partial charge in [-0.3, -0.25) is 9.59 Å². The molecule has 0 saturated carbocycles. The second kappa shape index (κ2) is 6.99. The first-order chi connectivity index (χ1) is 8.49. The Labute approximate surface area is 108 Å². The third-order valence-electron chi connectivity index (χ3n) is 2.80. The van der Waals surface area contributed by atoms with Crippen LogP contribution in [-0.4, -0.2) is 16.5 Å². The van der Waals surface area contributed by atoms with Crippen molar-refractivity contribution in [1.29, 1.82) is 0 Å². The van der Waals surface area contributed by atoms with Gasteiger partial charge in [0, 0.05) is 18.3 Å². The molecule has 4 nitrogen and oxygen atoms in total. The molecule has 100 valence electrons. The van der Waals surface area contributed by atoms with Gasteiger partial charge in [-0.2, -0.15) is 0 Å². The standard InChI is InChI=1S/C14H22N2O2/c1-11(2)7-8-12(3)15-13(17)10-16-9-5-4-6-14(16)18/h4-6,9,11-12H,7-8,10H2,1-3H3,(H,15,17). The highest BCUT2D eigenvalue weighted by molar-refractivity contribution is 5.75. The molecule has 1 aromatic heterocycles. The number of pyridine rings is 1. The minimum absolute atomic E-state index is 0.0890. The van der Waals surface area contributed by atoms with Crippen LogP contribution in [0.5, 0.6) is 0 Å². The fourth-order valence-corrected chi connectivity index (χ4v) is 1.72. The zero-order valence-corrected chi connectivity index (χ0v) is 11.3. The number of hydrogen-bond donors (Lipinski definition) is 1. The lowest BCUT2D eigenvalue weighted by Gasteiger charge is -2.15. The van der Waals surface area contributed by atoms with E-state index < -0.39 is 0 Å². The monoisotopic (exact) mass is 250 g/mol. The van der Waals surface area contributed by atoms with Gasteiger partial charge < -0.3 is 9.88 Å². The van der Waals surface area contributed by atoms with Crippen LogP contribution in [0.3, 0.4) is 0 Å². The molecule has 1 aromatic rings. The van der Waals surface area contributed by atoms with Crippen LogP contribution in [0, 0.1) is 5.92 Å². The minimum Gasteiger partial charge on any atom is -0.352 e. The number of nitrogens with zero attached hydrogens (tertiary/aromatic N) is 1. The van der Waals surface area contributed by atoms with Crippen molar-refractivity contribution in [2.24, 2.45) is 5.92 Å². The van der Waals surface area contributed by atoms with E-state index >= 15 is 0 Å². The predicted molar refractivity (Wildman–Crippen MR) is 72.4 cm³/mol. The van der Waals surface area contributed by atoms with E-state index in [1.54, 1.807) is 18.3 Å². The van der Waals surface area contributed by atoms with Gasteiger partial charge in [0.1, 0.15) is 6.54 Å². The average molecular weight is 250 g/mol. The molecule has 0 aliphatic rings. The molecule has 1 rings (SSSR count). The molecule has 0 saturated heterocycles. The van der Waals surface area contributed by atoms with E-state index in [0.29, 0.717) is 5.92 Å². The van der Waals surface area contributed by atoms with E-state index in [-0.39, 0.29) is 24.1 Å². The lowest BCUT2D eigenvalue weighted by Crippen LogP contribution is -2.37. The van der Waals surface area contributed by atoms with Gasteiger partial charge in [0.05, 0.1) is 0 Å². The van der Waals surface area contributed by atoms with Crippen molar-refractivity contribution in [1.82, 2.24) is 9.88 Å². The Hall–Kier alpha value is -1.58.